The third-order valence-electron chi connectivity index (χ3n) is 3.20. The highest BCUT2D eigenvalue weighted by Gasteiger charge is 2.13. The molecule has 0 saturated heterocycles. The quantitative estimate of drug-likeness (QED) is 0.806. The molecular formula is C14H15N3. The molecule has 0 radical (unpaired) electrons. The highest BCUT2D eigenvalue weighted by Crippen LogP contribution is 2.28. The first kappa shape index (κ1) is 10.3. The number of hydrogen-bond acceptors (Lipinski definition) is 3. The number of pyridine rings is 1. The predicted octanol–water partition coefficient (Wildman–Crippen LogP) is 2.25. The van der Waals surface area contributed by atoms with Crippen LogP contribution in [0.4, 0.5) is 5.69 Å². The molecule has 1 aliphatic heterocycles. The van der Waals surface area contributed by atoms with Crippen LogP contribution in [-0.2, 0) is 6.42 Å². The van der Waals surface area contributed by atoms with E-state index in [9.17, 15) is 0 Å². The monoisotopic (exact) mass is 225 g/mol. The summed E-state index contributed by atoms with van der Waals surface area (Å²) in [5, 5.41) is 2.10. The van der Waals surface area contributed by atoms with Crippen molar-refractivity contribution in [3.05, 3.63) is 48.3 Å². The lowest BCUT2D eigenvalue weighted by molar-refractivity contribution is 0.641. The summed E-state index contributed by atoms with van der Waals surface area (Å²) in [5.41, 5.74) is 8.46. The van der Waals surface area contributed by atoms with E-state index in [2.05, 4.69) is 40.7 Å². The maximum atomic E-state index is 4.05. The molecule has 1 aromatic heterocycles. The fourth-order valence-electron chi connectivity index (χ4n) is 2.25. The Morgan fingerprint density at radius 3 is 2.76 bits per heavy atom. The summed E-state index contributed by atoms with van der Waals surface area (Å²) in [6, 6.07) is 10.7. The number of hydrogen-bond donors (Lipinski definition) is 1. The number of benzene rings is 1. The molecule has 0 amide bonds. The summed E-state index contributed by atoms with van der Waals surface area (Å²) >= 11 is 0. The van der Waals surface area contributed by atoms with Crippen molar-refractivity contribution in [3.8, 4) is 11.1 Å². The highest BCUT2D eigenvalue weighted by molar-refractivity contribution is 5.70. The van der Waals surface area contributed by atoms with E-state index < -0.39 is 0 Å². The molecule has 3 rings (SSSR count). The number of rotatable bonds is 1. The van der Waals surface area contributed by atoms with Crippen LogP contribution in [-0.4, -0.2) is 18.6 Å². The van der Waals surface area contributed by atoms with Gasteiger partial charge in [-0.25, -0.2) is 5.43 Å². The Balaban J connectivity index is 2.06. The van der Waals surface area contributed by atoms with E-state index in [-0.39, 0.29) is 0 Å². The maximum absolute atomic E-state index is 4.05. The Hall–Kier alpha value is -1.87. The maximum Gasteiger partial charge on any atom is 0.0555 e. The summed E-state index contributed by atoms with van der Waals surface area (Å²) in [7, 11) is 2.06. The van der Waals surface area contributed by atoms with E-state index in [0.29, 0.717) is 0 Å². The van der Waals surface area contributed by atoms with Crippen LogP contribution in [0, 0.1) is 0 Å². The van der Waals surface area contributed by atoms with Gasteiger partial charge < -0.3 is 5.01 Å². The van der Waals surface area contributed by atoms with Gasteiger partial charge in [0.2, 0.25) is 0 Å². The average molecular weight is 225 g/mol. The first-order chi connectivity index (χ1) is 8.34. The van der Waals surface area contributed by atoms with Crippen LogP contribution in [0.15, 0.2) is 42.7 Å². The summed E-state index contributed by atoms with van der Waals surface area (Å²) in [6.45, 7) is 1.01. The number of fused-ring (bicyclic) bond motifs is 1. The summed E-state index contributed by atoms with van der Waals surface area (Å²) in [6.07, 6.45) is 4.75. The van der Waals surface area contributed by atoms with Crippen LogP contribution in [0.5, 0.6) is 0 Å². The number of nitrogens with zero attached hydrogens (tertiary/aromatic N) is 2. The van der Waals surface area contributed by atoms with Crippen LogP contribution < -0.4 is 10.4 Å². The van der Waals surface area contributed by atoms with Gasteiger partial charge in [0.25, 0.3) is 0 Å². The van der Waals surface area contributed by atoms with Crippen molar-refractivity contribution >= 4 is 5.69 Å². The van der Waals surface area contributed by atoms with Crippen molar-refractivity contribution in [2.75, 3.05) is 18.6 Å². The molecular weight excluding hydrogens is 210 g/mol. The van der Waals surface area contributed by atoms with Crippen molar-refractivity contribution in [2.45, 2.75) is 6.42 Å². The first-order valence-corrected chi connectivity index (χ1v) is 5.85. The normalized spacial score (nSPS) is 14.5. The average Bonchev–Trinajstić information content (AvgIpc) is 2.40. The van der Waals surface area contributed by atoms with E-state index in [1.807, 2.05) is 24.5 Å². The van der Waals surface area contributed by atoms with Crippen molar-refractivity contribution in [2.24, 2.45) is 0 Å². The molecule has 86 valence electrons. The zero-order chi connectivity index (χ0) is 11.7. The lowest BCUT2D eigenvalue weighted by Gasteiger charge is -2.28. The van der Waals surface area contributed by atoms with Gasteiger partial charge in [0.05, 0.1) is 5.69 Å². The number of hydrazine groups is 1. The van der Waals surface area contributed by atoms with Gasteiger partial charge >= 0.3 is 0 Å². The van der Waals surface area contributed by atoms with Crippen LogP contribution in [0.2, 0.25) is 0 Å². The van der Waals surface area contributed by atoms with Gasteiger partial charge in [-0.2, -0.15) is 0 Å². The molecule has 0 atom stereocenters. The van der Waals surface area contributed by atoms with Gasteiger partial charge in [-0.1, -0.05) is 12.1 Å². The molecule has 2 heterocycles. The van der Waals surface area contributed by atoms with E-state index >= 15 is 0 Å². The van der Waals surface area contributed by atoms with Crippen molar-refractivity contribution < 1.29 is 0 Å². The molecule has 0 spiro atoms. The van der Waals surface area contributed by atoms with E-state index in [1.54, 1.807) is 0 Å². The minimum atomic E-state index is 1.01. The number of anilines is 1. The second-order valence-corrected chi connectivity index (χ2v) is 4.30. The van der Waals surface area contributed by atoms with Crippen LogP contribution in [0.3, 0.4) is 0 Å². The Kier molecular flexibility index (Phi) is 2.53. The second-order valence-electron chi connectivity index (χ2n) is 4.30. The lowest BCUT2D eigenvalue weighted by Crippen LogP contribution is -2.40. The Labute approximate surface area is 101 Å². The molecule has 0 saturated carbocycles. The lowest BCUT2D eigenvalue weighted by atomic mass is 10.0. The van der Waals surface area contributed by atoms with Crippen LogP contribution in [0.1, 0.15) is 5.56 Å². The zero-order valence-corrected chi connectivity index (χ0v) is 9.85. The Morgan fingerprint density at radius 1 is 1.12 bits per heavy atom. The summed E-state index contributed by atoms with van der Waals surface area (Å²) < 4.78 is 0. The van der Waals surface area contributed by atoms with Gasteiger partial charge in [-0.05, 0) is 41.3 Å². The number of aromatic nitrogens is 1. The summed E-state index contributed by atoms with van der Waals surface area (Å²) in [4.78, 5) is 4.05. The second kappa shape index (κ2) is 4.18. The van der Waals surface area contributed by atoms with E-state index in [4.69, 9.17) is 0 Å². The molecule has 0 unspecified atom stereocenters. The molecule has 1 aliphatic rings. The van der Waals surface area contributed by atoms with Gasteiger partial charge in [-0.3, -0.25) is 4.98 Å². The molecule has 0 fully saturated rings. The van der Waals surface area contributed by atoms with Crippen molar-refractivity contribution in [1.82, 2.24) is 10.4 Å². The molecule has 1 N–H and O–H groups in total. The molecule has 1 aromatic carbocycles. The standard InChI is InChI=1S/C14H15N3/c1-17-14-10-13(11-4-7-15-8-5-11)3-2-12(14)6-9-16-17/h2-5,7-8,10,16H,6,9H2,1H3. The topological polar surface area (TPSA) is 28.2 Å². The Morgan fingerprint density at radius 2 is 1.94 bits per heavy atom. The van der Waals surface area contributed by atoms with Gasteiger partial charge in [0, 0.05) is 26.0 Å². The minimum Gasteiger partial charge on any atom is -0.311 e. The zero-order valence-electron chi connectivity index (χ0n) is 9.85. The number of nitrogens with one attached hydrogen (secondary N) is 1. The van der Waals surface area contributed by atoms with Gasteiger partial charge in [0.1, 0.15) is 0 Å². The SMILES string of the molecule is CN1NCCc2ccc(-c3ccncc3)cc21. The minimum absolute atomic E-state index is 1.01. The van der Waals surface area contributed by atoms with E-state index in [1.165, 1.54) is 22.4 Å². The predicted molar refractivity (Wildman–Crippen MR) is 69.8 cm³/mol. The van der Waals surface area contributed by atoms with Crippen molar-refractivity contribution in [3.63, 3.8) is 0 Å². The fraction of sp³-hybridized carbons (Fsp3) is 0.214. The fourth-order valence-corrected chi connectivity index (χ4v) is 2.25. The largest absolute Gasteiger partial charge is 0.311 e. The Bertz CT molecular complexity index is 522. The molecule has 3 nitrogen and oxygen atoms in total. The third-order valence-corrected chi connectivity index (χ3v) is 3.20. The van der Waals surface area contributed by atoms with Gasteiger partial charge in [-0.15, -0.1) is 0 Å². The third kappa shape index (κ3) is 1.89. The summed E-state index contributed by atoms with van der Waals surface area (Å²) in [5.74, 6) is 0. The van der Waals surface area contributed by atoms with E-state index in [0.717, 1.165) is 13.0 Å². The smallest absolute Gasteiger partial charge is 0.0555 e. The molecule has 0 aliphatic carbocycles. The highest BCUT2D eigenvalue weighted by atomic mass is 15.5. The first-order valence-electron chi connectivity index (χ1n) is 5.85. The van der Waals surface area contributed by atoms with Crippen LogP contribution >= 0.6 is 0 Å². The van der Waals surface area contributed by atoms with Crippen molar-refractivity contribution in [1.29, 1.82) is 0 Å². The molecule has 3 heteroatoms. The molecule has 17 heavy (non-hydrogen) atoms. The van der Waals surface area contributed by atoms with Crippen LogP contribution in [0.25, 0.3) is 11.1 Å². The molecule has 0 bridgehead atoms. The van der Waals surface area contributed by atoms with Gasteiger partial charge in [0.15, 0.2) is 0 Å². The molecule has 2 aromatic rings.